The molecule has 1 rings (SSSR count). The predicted octanol–water partition coefficient (Wildman–Crippen LogP) is 2.44. The molecule has 1 atom stereocenters. The Kier molecular flexibility index (Phi) is 9.03. The van der Waals surface area contributed by atoms with E-state index in [0.29, 0.717) is 12.5 Å². The van der Waals surface area contributed by atoms with Gasteiger partial charge in [-0.25, -0.2) is 0 Å². The van der Waals surface area contributed by atoms with E-state index in [4.69, 9.17) is 16.3 Å². The molecule has 1 unspecified atom stereocenters. The minimum atomic E-state index is 0.596. The molecule has 0 aromatic heterocycles. The number of nitrogens with zero attached hydrogens (tertiary/aromatic N) is 2. The number of hydrogen-bond donors (Lipinski definition) is 0. The summed E-state index contributed by atoms with van der Waals surface area (Å²) < 4.78 is 5.44. The topological polar surface area (TPSA) is 15.7 Å². The molecule has 0 saturated carbocycles. The normalized spacial score (nSPS) is 21.7. The van der Waals surface area contributed by atoms with Gasteiger partial charge in [0.15, 0.2) is 0 Å². The number of ether oxygens (including phenoxy) is 1. The Hall–Kier alpha value is 0.170. The number of likely N-dealkylation sites (tertiary alicyclic amines) is 1. The summed E-state index contributed by atoms with van der Waals surface area (Å²) in [6.45, 7) is 8.31. The van der Waals surface area contributed by atoms with Gasteiger partial charge in [-0.1, -0.05) is 13.3 Å². The van der Waals surface area contributed by atoms with Crippen LogP contribution in [-0.4, -0.2) is 68.2 Å². The van der Waals surface area contributed by atoms with Gasteiger partial charge in [-0.2, -0.15) is 0 Å². The maximum absolute atomic E-state index is 5.59. The number of piperidine rings is 1. The van der Waals surface area contributed by atoms with Gasteiger partial charge in [0.1, 0.15) is 0 Å². The van der Waals surface area contributed by atoms with Crippen molar-refractivity contribution in [3.8, 4) is 0 Å². The van der Waals surface area contributed by atoms with E-state index in [1.54, 1.807) is 0 Å². The van der Waals surface area contributed by atoms with Crippen molar-refractivity contribution in [2.75, 3.05) is 52.3 Å². The molecule has 0 aromatic carbocycles. The first-order valence-electron chi connectivity index (χ1n) is 7.34. The maximum Gasteiger partial charge on any atom is 0.0602 e. The lowest BCUT2D eigenvalue weighted by Gasteiger charge is -2.34. The average Bonchev–Trinajstić information content (AvgIpc) is 2.40. The van der Waals surface area contributed by atoms with Crippen molar-refractivity contribution < 1.29 is 4.74 Å². The molecule has 4 heteroatoms. The summed E-state index contributed by atoms with van der Waals surface area (Å²) in [5, 5.41) is 0. The van der Waals surface area contributed by atoms with Crippen LogP contribution in [0.4, 0.5) is 0 Å². The molecule has 0 bridgehead atoms. The summed E-state index contributed by atoms with van der Waals surface area (Å²) >= 11 is 5.59. The summed E-state index contributed by atoms with van der Waals surface area (Å²) in [4.78, 5) is 5.01. The summed E-state index contributed by atoms with van der Waals surface area (Å²) in [6, 6.07) is 0.788. The van der Waals surface area contributed by atoms with Gasteiger partial charge >= 0.3 is 0 Å². The number of hydrogen-bond acceptors (Lipinski definition) is 3. The maximum atomic E-state index is 5.59. The minimum absolute atomic E-state index is 0.596. The van der Waals surface area contributed by atoms with Crippen LogP contribution in [-0.2, 0) is 4.74 Å². The molecule has 1 aliphatic rings. The van der Waals surface area contributed by atoms with E-state index < -0.39 is 0 Å². The SMILES string of the molecule is CCN(CCOCCCl)CCC1CCCCN1C. The van der Waals surface area contributed by atoms with Crippen molar-refractivity contribution in [1.82, 2.24) is 9.80 Å². The number of likely N-dealkylation sites (N-methyl/N-ethyl adjacent to an activating group) is 1. The second-order valence-corrected chi connectivity index (χ2v) is 5.53. The summed E-state index contributed by atoms with van der Waals surface area (Å²) in [5.41, 5.74) is 0. The molecule has 0 aromatic rings. The highest BCUT2D eigenvalue weighted by molar-refractivity contribution is 6.17. The molecule has 0 aliphatic carbocycles. The molecule has 1 fully saturated rings. The Bertz CT molecular complexity index is 204. The third-order valence-electron chi connectivity index (χ3n) is 3.92. The van der Waals surface area contributed by atoms with Gasteiger partial charge in [-0.15, -0.1) is 11.6 Å². The standard InChI is InChI=1S/C14H29ClN2O/c1-3-17(11-13-18-12-8-15)10-7-14-6-4-5-9-16(14)2/h14H,3-13H2,1-2H3. The quantitative estimate of drug-likeness (QED) is 0.475. The van der Waals surface area contributed by atoms with Gasteiger partial charge in [0.25, 0.3) is 0 Å². The van der Waals surface area contributed by atoms with Crippen molar-refractivity contribution in [2.45, 2.75) is 38.6 Å². The van der Waals surface area contributed by atoms with Gasteiger partial charge in [0.2, 0.25) is 0 Å². The van der Waals surface area contributed by atoms with Crippen LogP contribution < -0.4 is 0 Å². The minimum Gasteiger partial charge on any atom is -0.379 e. The first-order valence-corrected chi connectivity index (χ1v) is 7.87. The molecule has 1 heterocycles. The second kappa shape index (κ2) is 10.0. The monoisotopic (exact) mass is 276 g/mol. The third kappa shape index (κ3) is 6.37. The summed E-state index contributed by atoms with van der Waals surface area (Å²) in [7, 11) is 2.27. The van der Waals surface area contributed by atoms with Gasteiger partial charge < -0.3 is 14.5 Å². The molecule has 3 nitrogen and oxygen atoms in total. The fourth-order valence-corrected chi connectivity index (χ4v) is 2.73. The van der Waals surface area contributed by atoms with Crippen LogP contribution in [0.2, 0.25) is 0 Å². The van der Waals surface area contributed by atoms with E-state index in [0.717, 1.165) is 25.7 Å². The van der Waals surface area contributed by atoms with E-state index in [2.05, 4.69) is 23.8 Å². The fraction of sp³-hybridized carbons (Fsp3) is 1.00. The lowest BCUT2D eigenvalue weighted by molar-refractivity contribution is 0.106. The Labute approximate surface area is 117 Å². The molecular formula is C14H29ClN2O. The average molecular weight is 277 g/mol. The lowest BCUT2D eigenvalue weighted by Crippen LogP contribution is -2.39. The van der Waals surface area contributed by atoms with Crippen LogP contribution >= 0.6 is 11.6 Å². The summed E-state index contributed by atoms with van der Waals surface area (Å²) in [6.07, 6.45) is 5.44. The van der Waals surface area contributed by atoms with Crippen LogP contribution in [0.25, 0.3) is 0 Å². The molecule has 1 aliphatic heterocycles. The molecule has 0 spiro atoms. The van der Waals surface area contributed by atoms with Crippen LogP contribution in [0.1, 0.15) is 32.6 Å². The smallest absolute Gasteiger partial charge is 0.0602 e. The van der Waals surface area contributed by atoms with E-state index in [1.807, 2.05) is 0 Å². The van der Waals surface area contributed by atoms with Gasteiger partial charge in [0, 0.05) is 18.5 Å². The molecule has 0 radical (unpaired) electrons. The fourth-order valence-electron chi connectivity index (χ4n) is 2.62. The van der Waals surface area contributed by atoms with Crippen LogP contribution in [0.5, 0.6) is 0 Å². The van der Waals surface area contributed by atoms with E-state index in [-0.39, 0.29) is 0 Å². The number of halogens is 1. The highest BCUT2D eigenvalue weighted by atomic mass is 35.5. The highest BCUT2D eigenvalue weighted by Gasteiger charge is 2.19. The van der Waals surface area contributed by atoms with Crippen molar-refractivity contribution in [3.63, 3.8) is 0 Å². The highest BCUT2D eigenvalue weighted by Crippen LogP contribution is 2.17. The van der Waals surface area contributed by atoms with Gasteiger partial charge in [-0.3, -0.25) is 0 Å². The zero-order valence-corrected chi connectivity index (χ0v) is 12.8. The van der Waals surface area contributed by atoms with Crippen molar-refractivity contribution in [1.29, 1.82) is 0 Å². The van der Waals surface area contributed by atoms with Crippen molar-refractivity contribution >= 4 is 11.6 Å². The Morgan fingerprint density at radius 1 is 1.28 bits per heavy atom. The Morgan fingerprint density at radius 2 is 2.11 bits per heavy atom. The van der Waals surface area contributed by atoms with Crippen LogP contribution in [0, 0.1) is 0 Å². The molecule has 1 saturated heterocycles. The lowest BCUT2D eigenvalue weighted by atomic mass is 10.00. The summed E-state index contributed by atoms with van der Waals surface area (Å²) in [5.74, 6) is 0.596. The number of alkyl halides is 1. The van der Waals surface area contributed by atoms with Crippen LogP contribution in [0.15, 0.2) is 0 Å². The molecular weight excluding hydrogens is 248 g/mol. The predicted molar refractivity (Wildman–Crippen MR) is 78.5 cm³/mol. The first-order chi connectivity index (χ1) is 8.77. The van der Waals surface area contributed by atoms with Crippen LogP contribution in [0.3, 0.4) is 0 Å². The van der Waals surface area contributed by atoms with E-state index in [9.17, 15) is 0 Å². The zero-order chi connectivity index (χ0) is 13.2. The van der Waals surface area contributed by atoms with E-state index >= 15 is 0 Å². The first kappa shape index (κ1) is 16.2. The molecule has 18 heavy (non-hydrogen) atoms. The van der Waals surface area contributed by atoms with Crippen molar-refractivity contribution in [3.05, 3.63) is 0 Å². The Balaban J connectivity index is 2.13. The zero-order valence-electron chi connectivity index (χ0n) is 12.0. The van der Waals surface area contributed by atoms with E-state index in [1.165, 1.54) is 38.8 Å². The van der Waals surface area contributed by atoms with Crippen molar-refractivity contribution in [2.24, 2.45) is 0 Å². The Morgan fingerprint density at radius 3 is 2.78 bits per heavy atom. The molecule has 0 amide bonds. The largest absolute Gasteiger partial charge is 0.379 e. The van der Waals surface area contributed by atoms with Gasteiger partial charge in [0.05, 0.1) is 13.2 Å². The third-order valence-corrected chi connectivity index (χ3v) is 4.07. The number of rotatable bonds is 9. The molecule has 108 valence electrons. The molecule has 0 N–H and O–H groups in total. The second-order valence-electron chi connectivity index (χ2n) is 5.15. The van der Waals surface area contributed by atoms with Gasteiger partial charge in [-0.05, 0) is 45.9 Å².